The second-order valence-corrected chi connectivity index (χ2v) is 6.32. The maximum Gasteiger partial charge on any atom is 0.329 e. The molecule has 0 spiro atoms. The number of carboxylic acid groups (broad SMARTS) is 1. The number of carboxylic acids is 1. The van der Waals surface area contributed by atoms with Gasteiger partial charge in [-0.15, -0.1) is 11.8 Å². The van der Waals surface area contributed by atoms with Gasteiger partial charge in [-0.3, -0.25) is 9.59 Å². The van der Waals surface area contributed by atoms with E-state index in [9.17, 15) is 19.5 Å². The Bertz CT molecular complexity index is 635. The van der Waals surface area contributed by atoms with Crippen LogP contribution in [-0.4, -0.2) is 51.4 Å². The molecule has 0 aliphatic carbocycles. The van der Waals surface area contributed by atoms with E-state index in [0.29, 0.717) is 11.3 Å². The van der Waals surface area contributed by atoms with Crippen LogP contribution in [0.3, 0.4) is 0 Å². The van der Waals surface area contributed by atoms with Gasteiger partial charge in [0, 0.05) is 17.7 Å². The lowest BCUT2D eigenvalue weighted by Crippen LogP contribution is -2.44. The highest BCUT2D eigenvalue weighted by molar-refractivity contribution is 7.99. The van der Waals surface area contributed by atoms with E-state index in [1.54, 1.807) is 25.1 Å². The molecule has 2 atom stereocenters. The largest absolute Gasteiger partial charge is 0.508 e. The lowest BCUT2D eigenvalue weighted by Gasteiger charge is -2.28. The minimum Gasteiger partial charge on any atom is -0.508 e. The number of phenolic OH excluding ortho intramolecular Hbond substituents is 1. The fourth-order valence-electron chi connectivity index (χ4n) is 2.51. The maximum atomic E-state index is 12.5. The van der Waals surface area contributed by atoms with E-state index in [1.807, 2.05) is 0 Å². The minimum absolute atomic E-state index is 0.0237. The van der Waals surface area contributed by atoms with Gasteiger partial charge in [-0.1, -0.05) is 18.2 Å². The van der Waals surface area contributed by atoms with Crippen molar-refractivity contribution in [3.8, 4) is 5.75 Å². The highest BCUT2D eigenvalue weighted by Crippen LogP contribution is 2.44. The van der Waals surface area contributed by atoms with Crippen LogP contribution in [0, 0.1) is 0 Å². The maximum absolute atomic E-state index is 12.5. The number of hydrogen-bond acceptors (Lipinski definition) is 6. The molecule has 1 heterocycles. The standard InChI is InChI=1S/C16H19NO6S/c1-2-23-16(22)11-9-24-15(10-5-3-4-6-12(10)18)17(11)13(19)7-8-14(20)21/h3-6,11,15,18H,2,7-9H2,1H3,(H,20,21). The molecule has 0 bridgehead atoms. The van der Waals surface area contributed by atoms with Gasteiger partial charge in [-0.25, -0.2) is 4.79 Å². The fourth-order valence-corrected chi connectivity index (χ4v) is 3.98. The van der Waals surface area contributed by atoms with E-state index in [2.05, 4.69) is 0 Å². The van der Waals surface area contributed by atoms with Crippen molar-refractivity contribution in [1.82, 2.24) is 4.90 Å². The van der Waals surface area contributed by atoms with Crippen molar-refractivity contribution in [3.05, 3.63) is 29.8 Å². The van der Waals surface area contributed by atoms with Crippen molar-refractivity contribution in [3.63, 3.8) is 0 Å². The predicted octanol–water partition coefficient (Wildman–Crippen LogP) is 1.76. The first-order valence-corrected chi connectivity index (χ1v) is 8.59. The number of para-hydroxylation sites is 1. The lowest BCUT2D eigenvalue weighted by molar-refractivity contribution is -0.154. The Kier molecular flexibility index (Phi) is 6.08. The first-order chi connectivity index (χ1) is 11.5. The average molecular weight is 353 g/mol. The van der Waals surface area contributed by atoms with Gasteiger partial charge in [0.05, 0.1) is 13.0 Å². The Labute approximate surface area is 143 Å². The number of carbonyl (C=O) groups excluding carboxylic acids is 2. The van der Waals surface area contributed by atoms with Gasteiger partial charge < -0.3 is 19.8 Å². The van der Waals surface area contributed by atoms with Crippen LogP contribution in [0.5, 0.6) is 5.75 Å². The summed E-state index contributed by atoms with van der Waals surface area (Å²) in [5.41, 5.74) is 0.512. The van der Waals surface area contributed by atoms with Gasteiger partial charge >= 0.3 is 11.9 Å². The van der Waals surface area contributed by atoms with Gasteiger partial charge in [0.15, 0.2) is 0 Å². The molecule has 2 rings (SSSR count). The van der Waals surface area contributed by atoms with Crippen molar-refractivity contribution >= 4 is 29.6 Å². The predicted molar refractivity (Wildman–Crippen MR) is 87.4 cm³/mol. The molecule has 2 unspecified atom stereocenters. The Balaban J connectivity index is 2.29. The lowest BCUT2D eigenvalue weighted by atomic mass is 10.1. The van der Waals surface area contributed by atoms with Crippen molar-refractivity contribution < 1.29 is 29.3 Å². The van der Waals surface area contributed by atoms with E-state index in [-0.39, 0.29) is 25.2 Å². The van der Waals surface area contributed by atoms with E-state index >= 15 is 0 Å². The second kappa shape index (κ2) is 8.05. The van der Waals surface area contributed by atoms with Crippen LogP contribution >= 0.6 is 11.8 Å². The quantitative estimate of drug-likeness (QED) is 0.751. The molecule has 1 amide bonds. The number of hydrogen-bond donors (Lipinski definition) is 2. The number of rotatable bonds is 6. The molecule has 7 nitrogen and oxygen atoms in total. The van der Waals surface area contributed by atoms with Gasteiger partial charge in [0.1, 0.15) is 17.2 Å². The highest BCUT2D eigenvalue weighted by atomic mass is 32.2. The molecule has 0 saturated carbocycles. The van der Waals surface area contributed by atoms with Crippen molar-refractivity contribution in [1.29, 1.82) is 0 Å². The number of carbonyl (C=O) groups is 3. The molecule has 1 aromatic rings. The molecular formula is C16H19NO6S. The zero-order valence-electron chi connectivity index (χ0n) is 13.2. The fraction of sp³-hybridized carbons (Fsp3) is 0.438. The van der Waals surface area contributed by atoms with E-state index in [4.69, 9.17) is 9.84 Å². The first-order valence-electron chi connectivity index (χ1n) is 7.54. The van der Waals surface area contributed by atoms with E-state index in [1.165, 1.54) is 22.7 Å². The van der Waals surface area contributed by atoms with Gasteiger partial charge in [0.2, 0.25) is 5.91 Å². The molecule has 24 heavy (non-hydrogen) atoms. The summed E-state index contributed by atoms with van der Waals surface area (Å²) in [7, 11) is 0. The third-order valence-electron chi connectivity index (χ3n) is 3.60. The summed E-state index contributed by atoms with van der Waals surface area (Å²) in [6.07, 6.45) is -0.529. The van der Waals surface area contributed by atoms with Gasteiger partial charge in [-0.2, -0.15) is 0 Å². The molecule has 1 saturated heterocycles. The van der Waals surface area contributed by atoms with Crippen molar-refractivity contribution in [2.75, 3.05) is 12.4 Å². The monoisotopic (exact) mass is 353 g/mol. The molecule has 1 aliphatic heterocycles. The van der Waals surface area contributed by atoms with Crippen LogP contribution in [0.1, 0.15) is 30.7 Å². The number of aliphatic carboxylic acids is 1. The minimum atomic E-state index is -1.08. The second-order valence-electron chi connectivity index (χ2n) is 5.21. The number of esters is 1. The number of phenols is 1. The number of ether oxygens (including phenoxy) is 1. The molecule has 8 heteroatoms. The van der Waals surface area contributed by atoms with Crippen LogP contribution in [0.25, 0.3) is 0 Å². The summed E-state index contributed by atoms with van der Waals surface area (Å²) in [5.74, 6) is -1.70. The number of nitrogens with zero attached hydrogens (tertiary/aromatic N) is 1. The van der Waals surface area contributed by atoms with Crippen LogP contribution in [0.15, 0.2) is 24.3 Å². The first kappa shape index (κ1) is 18.1. The molecule has 2 N–H and O–H groups in total. The number of thioether (sulfide) groups is 1. The zero-order chi connectivity index (χ0) is 17.7. The third-order valence-corrected chi connectivity index (χ3v) is 4.91. The average Bonchev–Trinajstić information content (AvgIpc) is 2.98. The Hall–Kier alpha value is -2.22. The zero-order valence-corrected chi connectivity index (χ0v) is 14.0. The van der Waals surface area contributed by atoms with Crippen LogP contribution in [0.4, 0.5) is 0 Å². The van der Waals surface area contributed by atoms with Crippen LogP contribution in [-0.2, 0) is 19.1 Å². The van der Waals surface area contributed by atoms with Gasteiger partial charge in [-0.05, 0) is 13.0 Å². The van der Waals surface area contributed by atoms with Crippen molar-refractivity contribution in [2.45, 2.75) is 31.2 Å². The van der Waals surface area contributed by atoms with E-state index < -0.39 is 29.3 Å². The number of aromatic hydroxyl groups is 1. The third kappa shape index (κ3) is 4.00. The molecule has 0 radical (unpaired) electrons. The molecule has 1 aromatic carbocycles. The van der Waals surface area contributed by atoms with Crippen LogP contribution in [0.2, 0.25) is 0 Å². The number of benzene rings is 1. The Morgan fingerprint density at radius 1 is 1.29 bits per heavy atom. The van der Waals surface area contributed by atoms with Crippen molar-refractivity contribution in [2.24, 2.45) is 0 Å². The summed E-state index contributed by atoms with van der Waals surface area (Å²) in [4.78, 5) is 36.7. The van der Waals surface area contributed by atoms with E-state index in [0.717, 1.165) is 0 Å². The topological polar surface area (TPSA) is 104 Å². The Morgan fingerprint density at radius 2 is 2.00 bits per heavy atom. The smallest absolute Gasteiger partial charge is 0.329 e. The number of amides is 1. The SMILES string of the molecule is CCOC(=O)C1CSC(c2ccccc2O)N1C(=O)CCC(=O)O. The summed E-state index contributed by atoms with van der Waals surface area (Å²) in [6.45, 7) is 1.87. The van der Waals surface area contributed by atoms with Crippen LogP contribution < -0.4 is 0 Å². The highest BCUT2D eigenvalue weighted by Gasteiger charge is 2.43. The summed E-state index contributed by atoms with van der Waals surface area (Å²) in [6, 6.07) is 5.79. The van der Waals surface area contributed by atoms with Gasteiger partial charge in [0.25, 0.3) is 0 Å². The summed E-state index contributed by atoms with van der Waals surface area (Å²) < 4.78 is 5.02. The normalized spacial score (nSPS) is 20.0. The molecule has 1 aliphatic rings. The molecule has 0 aromatic heterocycles. The summed E-state index contributed by atoms with van der Waals surface area (Å²) in [5, 5.41) is 18.3. The molecule has 130 valence electrons. The summed E-state index contributed by atoms with van der Waals surface area (Å²) >= 11 is 1.34. The molecular weight excluding hydrogens is 334 g/mol. The molecule has 1 fully saturated rings. The Morgan fingerprint density at radius 3 is 2.62 bits per heavy atom.